The van der Waals surface area contributed by atoms with Gasteiger partial charge in [0.05, 0.1) is 5.92 Å². The Bertz CT molecular complexity index is 360. The average molecular weight is 244 g/mol. The highest BCUT2D eigenvalue weighted by Gasteiger charge is 2.53. The van der Waals surface area contributed by atoms with Crippen LogP contribution in [0.15, 0.2) is 0 Å². The first-order valence-electron chi connectivity index (χ1n) is 5.85. The third-order valence-electron chi connectivity index (χ3n) is 3.57. The van der Waals surface area contributed by atoms with Crippen molar-refractivity contribution in [2.45, 2.75) is 57.4 Å². The molecule has 0 radical (unpaired) electrons. The van der Waals surface area contributed by atoms with Crippen molar-refractivity contribution in [1.82, 2.24) is 0 Å². The largest absolute Gasteiger partial charge is 0.458 e. The molecule has 5 heteroatoms. The minimum Gasteiger partial charge on any atom is -0.458 e. The molecular formula is C12H17FO4. The highest BCUT2D eigenvalue weighted by atomic mass is 19.1. The van der Waals surface area contributed by atoms with E-state index in [9.17, 15) is 14.0 Å². The predicted octanol–water partition coefficient (Wildman–Crippen LogP) is 1.76. The van der Waals surface area contributed by atoms with Crippen molar-refractivity contribution in [2.24, 2.45) is 5.92 Å². The number of fused-ring (bicyclic) bond motifs is 2. The van der Waals surface area contributed by atoms with E-state index in [1.54, 1.807) is 6.92 Å². The number of alkyl halides is 1. The predicted molar refractivity (Wildman–Crippen MR) is 56.9 cm³/mol. The number of halogens is 1. The van der Waals surface area contributed by atoms with E-state index >= 15 is 0 Å². The highest BCUT2D eigenvalue weighted by Crippen LogP contribution is 2.43. The second kappa shape index (κ2) is 3.68. The van der Waals surface area contributed by atoms with Gasteiger partial charge in [0.1, 0.15) is 11.7 Å². The monoisotopic (exact) mass is 244 g/mol. The van der Waals surface area contributed by atoms with Gasteiger partial charge < -0.3 is 9.47 Å². The lowest BCUT2D eigenvalue weighted by Crippen LogP contribution is -2.48. The van der Waals surface area contributed by atoms with E-state index in [0.717, 1.165) is 13.8 Å². The van der Waals surface area contributed by atoms with Crippen molar-refractivity contribution in [2.75, 3.05) is 0 Å². The van der Waals surface area contributed by atoms with E-state index in [1.807, 2.05) is 0 Å². The first kappa shape index (κ1) is 12.3. The quantitative estimate of drug-likeness (QED) is 0.694. The third-order valence-corrected chi connectivity index (χ3v) is 3.57. The summed E-state index contributed by atoms with van der Waals surface area (Å²) in [5, 5.41) is 0. The van der Waals surface area contributed by atoms with Gasteiger partial charge in [0.15, 0.2) is 0 Å². The summed E-state index contributed by atoms with van der Waals surface area (Å²) in [6, 6.07) is 0. The molecule has 2 bridgehead atoms. The molecule has 3 atom stereocenters. The number of rotatable bonds is 2. The molecule has 4 nitrogen and oxygen atoms in total. The molecule has 0 spiro atoms. The first-order valence-corrected chi connectivity index (χ1v) is 5.85. The van der Waals surface area contributed by atoms with Crippen molar-refractivity contribution in [3.63, 3.8) is 0 Å². The normalized spacial score (nSPS) is 36.6. The maximum absolute atomic E-state index is 13.4. The summed E-state index contributed by atoms with van der Waals surface area (Å²) < 4.78 is 23.8. The zero-order valence-electron chi connectivity index (χ0n) is 10.3. The Labute approximate surface area is 99.5 Å². The first-order chi connectivity index (χ1) is 7.72. The lowest BCUT2D eigenvalue weighted by molar-refractivity contribution is -0.187. The molecule has 3 unspecified atom stereocenters. The molecular weight excluding hydrogens is 227 g/mol. The van der Waals surface area contributed by atoms with E-state index < -0.39 is 23.3 Å². The Morgan fingerprint density at radius 3 is 2.82 bits per heavy atom. The molecule has 0 N–H and O–H groups in total. The Morgan fingerprint density at radius 1 is 1.59 bits per heavy atom. The molecule has 0 aromatic heterocycles. The fourth-order valence-corrected chi connectivity index (χ4v) is 2.32. The summed E-state index contributed by atoms with van der Waals surface area (Å²) in [6.07, 6.45) is 1.30. The molecule has 0 aromatic rings. The van der Waals surface area contributed by atoms with E-state index in [4.69, 9.17) is 9.47 Å². The molecule has 17 heavy (non-hydrogen) atoms. The van der Waals surface area contributed by atoms with Crippen molar-refractivity contribution >= 4 is 11.9 Å². The fourth-order valence-electron chi connectivity index (χ4n) is 2.32. The molecule has 0 amide bonds. The number of ether oxygens (including phenoxy) is 2. The van der Waals surface area contributed by atoms with Crippen LogP contribution in [0.3, 0.4) is 0 Å². The standard InChI is InChI=1S/C12H17FO4/c1-11(2,13)10(15)17-12(3)5-4-7-6-8(12)16-9(7)14/h7-8H,4-6H2,1-3H3. The maximum Gasteiger partial charge on any atom is 0.343 e. The van der Waals surface area contributed by atoms with Gasteiger partial charge in [0.25, 0.3) is 0 Å². The SMILES string of the molecule is CC(C)(F)C(=O)OC1(C)CCC2CC1OC2=O. The maximum atomic E-state index is 13.4. The summed E-state index contributed by atoms with van der Waals surface area (Å²) in [4.78, 5) is 22.9. The Morgan fingerprint density at radius 2 is 2.24 bits per heavy atom. The number of carbonyl (C=O) groups is 2. The molecule has 2 rings (SSSR count). The Kier molecular flexibility index (Phi) is 2.67. The summed E-state index contributed by atoms with van der Waals surface area (Å²) in [5.41, 5.74) is -2.91. The van der Waals surface area contributed by atoms with Gasteiger partial charge in [-0.3, -0.25) is 4.79 Å². The van der Waals surface area contributed by atoms with E-state index in [0.29, 0.717) is 19.3 Å². The average Bonchev–Trinajstić information content (AvgIpc) is 2.51. The lowest BCUT2D eigenvalue weighted by Gasteiger charge is -2.37. The van der Waals surface area contributed by atoms with Gasteiger partial charge in [-0.1, -0.05) is 0 Å². The summed E-state index contributed by atoms with van der Waals surface area (Å²) in [6.45, 7) is 4.02. The smallest absolute Gasteiger partial charge is 0.343 e. The lowest BCUT2D eigenvalue weighted by atomic mass is 9.79. The van der Waals surface area contributed by atoms with Crippen LogP contribution >= 0.6 is 0 Å². The number of carbonyl (C=O) groups excluding carboxylic acids is 2. The van der Waals surface area contributed by atoms with E-state index in [1.165, 1.54) is 0 Å². The molecule has 1 aliphatic carbocycles. The molecule has 2 fully saturated rings. The minimum atomic E-state index is -2.03. The van der Waals surface area contributed by atoms with Gasteiger partial charge in [-0.15, -0.1) is 0 Å². The Balaban J connectivity index is 2.10. The van der Waals surface area contributed by atoms with Gasteiger partial charge in [-0.25, -0.2) is 9.18 Å². The van der Waals surface area contributed by atoms with Gasteiger partial charge in [0.2, 0.25) is 5.67 Å². The van der Waals surface area contributed by atoms with Crippen LogP contribution in [0.4, 0.5) is 4.39 Å². The summed E-state index contributed by atoms with van der Waals surface area (Å²) >= 11 is 0. The molecule has 0 aromatic carbocycles. The summed E-state index contributed by atoms with van der Waals surface area (Å²) in [5.74, 6) is -1.21. The van der Waals surface area contributed by atoms with Crippen molar-refractivity contribution in [1.29, 1.82) is 0 Å². The van der Waals surface area contributed by atoms with Crippen LogP contribution in [-0.4, -0.2) is 29.3 Å². The zero-order chi connectivity index (χ0) is 12.8. The topological polar surface area (TPSA) is 52.6 Å². The molecule has 1 saturated carbocycles. The van der Waals surface area contributed by atoms with Crippen molar-refractivity contribution in [3.05, 3.63) is 0 Å². The van der Waals surface area contributed by atoms with E-state index in [2.05, 4.69) is 0 Å². The second-order valence-electron chi connectivity index (χ2n) is 5.57. The number of hydrogen-bond donors (Lipinski definition) is 0. The third kappa shape index (κ3) is 2.15. The van der Waals surface area contributed by atoms with Crippen LogP contribution in [0.25, 0.3) is 0 Å². The zero-order valence-corrected chi connectivity index (χ0v) is 10.3. The van der Waals surface area contributed by atoms with Crippen molar-refractivity contribution in [3.8, 4) is 0 Å². The Hall–Kier alpha value is -1.13. The van der Waals surface area contributed by atoms with Crippen LogP contribution in [0.1, 0.15) is 40.0 Å². The van der Waals surface area contributed by atoms with Gasteiger partial charge in [-0.2, -0.15) is 0 Å². The van der Waals surface area contributed by atoms with E-state index in [-0.39, 0.29) is 11.9 Å². The fraction of sp³-hybridized carbons (Fsp3) is 0.833. The number of esters is 2. The molecule has 96 valence electrons. The molecule has 1 aliphatic heterocycles. The van der Waals surface area contributed by atoms with Crippen LogP contribution in [0.5, 0.6) is 0 Å². The van der Waals surface area contributed by atoms with Gasteiger partial charge in [0, 0.05) is 6.42 Å². The number of hydrogen-bond acceptors (Lipinski definition) is 4. The van der Waals surface area contributed by atoms with Crippen LogP contribution < -0.4 is 0 Å². The van der Waals surface area contributed by atoms with Crippen molar-refractivity contribution < 1.29 is 23.5 Å². The van der Waals surface area contributed by atoms with Crippen LogP contribution in [0.2, 0.25) is 0 Å². The van der Waals surface area contributed by atoms with Gasteiger partial charge in [-0.05, 0) is 33.6 Å². The molecule has 1 saturated heterocycles. The molecule has 2 aliphatic rings. The summed E-state index contributed by atoms with van der Waals surface area (Å²) in [7, 11) is 0. The highest BCUT2D eigenvalue weighted by molar-refractivity contribution is 5.79. The molecule has 1 heterocycles. The minimum absolute atomic E-state index is 0.0786. The second-order valence-corrected chi connectivity index (χ2v) is 5.57. The van der Waals surface area contributed by atoms with Crippen LogP contribution in [0, 0.1) is 5.92 Å². The van der Waals surface area contributed by atoms with Crippen LogP contribution in [-0.2, 0) is 19.1 Å². The van der Waals surface area contributed by atoms with Gasteiger partial charge >= 0.3 is 11.9 Å².